The van der Waals surface area contributed by atoms with E-state index in [4.69, 9.17) is 0 Å². The van der Waals surface area contributed by atoms with E-state index in [9.17, 15) is 0 Å². The molecule has 0 amide bonds. The fourth-order valence-electron chi connectivity index (χ4n) is 1.42. The molecule has 0 aliphatic rings. The Bertz CT molecular complexity index is 440. The maximum Gasteiger partial charge on any atom is -0.0184 e. The minimum atomic E-state index is 0.661. The summed E-state index contributed by atoms with van der Waals surface area (Å²) >= 11 is 0.661. The predicted octanol–water partition coefficient (Wildman–Crippen LogP) is 3.86. The second-order valence-electron chi connectivity index (χ2n) is 3.33. The SMILES string of the molecule is c1cc[se+]cc1.c1ccc2ccccc2c1. The third kappa shape index (κ3) is 3.30. The molecule has 3 rings (SSSR count). The van der Waals surface area contributed by atoms with E-state index in [-0.39, 0.29) is 0 Å². The number of rotatable bonds is 0. The molecule has 0 bridgehead atoms. The zero-order valence-electron chi connectivity index (χ0n) is 8.91. The van der Waals surface area contributed by atoms with Crippen LogP contribution >= 0.6 is 0 Å². The Balaban J connectivity index is 0.000000138. The van der Waals surface area contributed by atoms with E-state index in [0.29, 0.717) is 14.5 Å². The normalized spacial score (nSPS) is 9.25. The summed E-state index contributed by atoms with van der Waals surface area (Å²) in [5.41, 5.74) is 0. The number of benzene rings is 2. The Labute approximate surface area is 102 Å². The van der Waals surface area contributed by atoms with Gasteiger partial charge in [-0.1, -0.05) is 48.5 Å². The van der Waals surface area contributed by atoms with Crippen LogP contribution in [0.2, 0.25) is 0 Å². The van der Waals surface area contributed by atoms with Crippen molar-refractivity contribution in [2.75, 3.05) is 0 Å². The van der Waals surface area contributed by atoms with Gasteiger partial charge < -0.3 is 0 Å². The van der Waals surface area contributed by atoms with Gasteiger partial charge in [0, 0.05) is 0 Å². The molecule has 1 heterocycles. The van der Waals surface area contributed by atoms with E-state index < -0.39 is 0 Å². The fraction of sp³-hybridized carbons (Fsp3) is 0. The van der Waals surface area contributed by atoms with E-state index in [1.165, 1.54) is 10.8 Å². The van der Waals surface area contributed by atoms with Crippen LogP contribution in [0.5, 0.6) is 0 Å². The Kier molecular flexibility index (Phi) is 4.30. The van der Waals surface area contributed by atoms with Crippen LogP contribution in [0.3, 0.4) is 0 Å². The zero-order valence-corrected chi connectivity index (χ0v) is 10.6. The van der Waals surface area contributed by atoms with Crippen molar-refractivity contribution in [2.24, 2.45) is 0 Å². The summed E-state index contributed by atoms with van der Waals surface area (Å²) < 4.78 is 0. The average Bonchev–Trinajstić information content (AvgIpc) is 2.42. The Hall–Kier alpha value is -1.43. The molecule has 3 aromatic rings. The van der Waals surface area contributed by atoms with Gasteiger partial charge in [0.25, 0.3) is 0 Å². The molecule has 0 N–H and O–H groups in total. The maximum atomic E-state index is 2.19. The van der Waals surface area contributed by atoms with Crippen molar-refractivity contribution >= 4 is 25.3 Å². The third-order valence-corrected chi connectivity index (χ3v) is 3.51. The molecule has 2 aromatic carbocycles. The topological polar surface area (TPSA) is 0 Å². The summed E-state index contributed by atoms with van der Waals surface area (Å²) in [6, 6.07) is 22.9. The molecule has 16 heavy (non-hydrogen) atoms. The number of hydrogen-bond acceptors (Lipinski definition) is 0. The average molecular weight is 272 g/mol. The first-order valence-electron chi connectivity index (χ1n) is 5.21. The molecule has 0 atom stereocenters. The monoisotopic (exact) mass is 273 g/mol. The van der Waals surface area contributed by atoms with Gasteiger partial charge in [-0.15, -0.1) is 0 Å². The largest absolute Gasteiger partial charge is 0.0616 e. The molecule has 1 aromatic heterocycles. The van der Waals surface area contributed by atoms with Crippen molar-refractivity contribution in [1.29, 1.82) is 0 Å². The van der Waals surface area contributed by atoms with Gasteiger partial charge in [-0.25, -0.2) is 0 Å². The standard InChI is InChI=1S/C10H8.C5H5Se/c1-2-6-10-8-4-3-7-9(10)5-1;1-2-4-6-5-3-1/h1-8H;1-5H/q;+1. The van der Waals surface area contributed by atoms with Crippen molar-refractivity contribution in [1.82, 2.24) is 0 Å². The molecule has 1 heteroatoms. The van der Waals surface area contributed by atoms with E-state index in [2.05, 4.69) is 70.5 Å². The molecule has 0 nitrogen and oxygen atoms in total. The van der Waals surface area contributed by atoms with E-state index in [1.807, 2.05) is 6.07 Å². The van der Waals surface area contributed by atoms with Crippen molar-refractivity contribution < 1.29 is 0 Å². The molecule has 0 saturated carbocycles. The van der Waals surface area contributed by atoms with Crippen LogP contribution in [0, 0.1) is 0 Å². The van der Waals surface area contributed by atoms with E-state index in [0.717, 1.165) is 0 Å². The van der Waals surface area contributed by atoms with Gasteiger partial charge in [0.2, 0.25) is 0 Å². The van der Waals surface area contributed by atoms with E-state index in [1.54, 1.807) is 0 Å². The Morgan fingerprint density at radius 1 is 0.500 bits per heavy atom. The number of hydrogen-bond donors (Lipinski definition) is 0. The summed E-state index contributed by atoms with van der Waals surface area (Å²) in [5, 5.41) is 2.62. The van der Waals surface area contributed by atoms with Crippen molar-refractivity contribution in [3.8, 4) is 0 Å². The summed E-state index contributed by atoms with van der Waals surface area (Å²) in [4.78, 5) is 4.38. The molecule has 0 spiro atoms. The molecule has 0 fully saturated rings. The summed E-state index contributed by atoms with van der Waals surface area (Å²) in [6.45, 7) is 0. The zero-order chi connectivity index (χ0) is 11.1. The van der Waals surface area contributed by atoms with Gasteiger partial charge in [-0.05, 0) is 10.8 Å². The van der Waals surface area contributed by atoms with Crippen molar-refractivity contribution in [3.05, 3.63) is 76.6 Å². The quantitative estimate of drug-likeness (QED) is 0.545. The Morgan fingerprint density at radius 3 is 1.19 bits per heavy atom. The Morgan fingerprint density at radius 2 is 0.938 bits per heavy atom. The third-order valence-electron chi connectivity index (χ3n) is 2.20. The van der Waals surface area contributed by atoms with Crippen LogP contribution in [0.15, 0.2) is 76.6 Å². The van der Waals surface area contributed by atoms with Crippen molar-refractivity contribution in [2.45, 2.75) is 0 Å². The summed E-state index contributed by atoms with van der Waals surface area (Å²) in [6.07, 6.45) is 0. The molecule has 0 aliphatic carbocycles. The van der Waals surface area contributed by atoms with Gasteiger partial charge in [0.15, 0.2) is 0 Å². The molecule has 78 valence electrons. The van der Waals surface area contributed by atoms with Gasteiger partial charge >= 0.3 is 42.6 Å². The second-order valence-corrected chi connectivity index (χ2v) is 5.05. The smallest absolute Gasteiger partial charge is 0.0184 e. The minimum Gasteiger partial charge on any atom is -0.0616 e. The first kappa shape index (κ1) is 11.1. The van der Waals surface area contributed by atoms with Gasteiger partial charge in [-0.3, -0.25) is 0 Å². The molecular formula is C15H13Se+. The molecule has 0 radical (unpaired) electrons. The van der Waals surface area contributed by atoms with Crippen LogP contribution in [0.1, 0.15) is 0 Å². The first-order valence-corrected chi connectivity index (χ1v) is 7.19. The number of fused-ring (bicyclic) bond motifs is 1. The van der Waals surface area contributed by atoms with E-state index >= 15 is 0 Å². The summed E-state index contributed by atoms with van der Waals surface area (Å²) in [5.74, 6) is 0. The molecule has 0 aliphatic heterocycles. The second kappa shape index (κ2) is 6.22. The van der Waals surface area contributed by atoms with Crippen LogP contribution in [0.4, 0.5) is 0 Å². The van der Waals surface area contributed by atoms with Crippen LogP contribution < -0.4 is 0 Å². The maximum absolute atomic E-state index is 2.19. The van der Waals surface area contributed by atoms with Gasteiger partial charge in [-0.2, -0.15) is 0 Å². The molecule has 0 saturated heterocycles. The minimum absolute atomic E-state index is 0.661. The van der Waals surface area contributed by atoms with Crippen molar-refractivity contribution in [3.63, 3.8) is 0 Å². The van der Waals surface area contributed by atoms with Gasteiger partial charge in [0.05, 0.1) is 0 Å². The van der Waals surface area contributed by atoms with Crippen LogP contribution in [-0.4, -0.2) is 14.5 Å². The van der Waals surface area contributed by atoms with Gasteiger partial charge in [0.1, 0.15) is 0 Å². The fourth-order valence-corrected chi connectivity index (χ4v) is 2.38. The molecular weight excluding hydrogens is 259 g/mol. The van der Waals surface area contributed by atoms with Crippen LogP contribution in [0.25, 0.3) is 10.8 Å². The van der Waals surface area contributed by atoms with Crippen LogP contribution in [-0.2, 0) is 0 Å². The first-order chi connectivity index (χ1) is 7.97. The molecule has 0 unspecified atom stereocenters. The predicted molar refractivity (Wildman–Crippen MR) is 71.7 cm³/mol. The summed E-state index contributed by atoms with van der Waals surface area (Å²) in [7, 11) is 0.